The van der Waals surface area contributed by atoms with Crippen LogP contribution >= 0.6 is 12.2 Å². The third-order valence-corrected chi connectivity index (χ3v) is 6.16. The Morgan fingerprint density at radius 1 is 0.872 bits per heavy atom. The molecule has 202 valence electrons. The Labute approximate surface area is 227 Å². The molecule has 0 saturated heterocycles. The summed E-state index contributed by atoms with van der Waals surface area (Å²) in [4.78, 5) is 17.1. The lowest BCUT2D eigenvalue weighted by Gasteiger charge is -2.13. The van der Waals surface area contributed by atoms with Crippen LogP contribution in [0.3, 0.4) is 0 Å². The second-order valence-corrected chi connectivity index (χ2v) is 9.28. The summed E-state index contributed by atoms with van der Waals surface area (Å²) in [5.74, 6) is 0.354. The van der Waals surface area contributed by atoms with Crippen molar-refractivity contribution in [2.24, 2.45) is 0 Å². The molecule has 0 atom stereocenters. The monoisotopic (exact) mass is 557 g/mol. The number of pyridine rings is 1. The van der Waals surface area contributed by atoms with Crippen LogP contribution in [-0.2, 0) is 23.8 Å². The summed E-state index contributed by atoms with van der Waals surface area (Å²) in [7, 11) is 3.02. The number of alkyl halides is 3. The van der Waals surface area contributed by atoms with E-state index in [1.807, 2.05) is 0 Å². The zero-order chi connectivity index (χ0) is 28.2. The van der Waals surface area contributed by atoms with E-state index in [1.54, 1.807) is 24.3 Å². The van der Waals surface area contributed by atoms with Gasteiger partial charge in [0.25, 0.3) is 0 Å². The number of ether oxygens (including phenoxy) is 3. The molecule has 0 aliphatic rings. The summed E-state index contributed by atoms with van der Waals surface area (Å²) < 4.78 is 70.2. The van der Waals surface area contributed by atoms with Crippen molar-refractivity contribution in [3.05, 3.63) is 89.4 Å². The third kappa shape index (κ3) is 6.88. The number of carbonyl (C=O) groups is 1. The van der Waals surface area contributed by atoms with Crippen molar-refractivity contribution in [2.45, 2.75) is 25.4 Å². The molecular formula is C29H23F4NO4S. The van der Waals surface area contributed by atoms with Gasteiger partial charge in [-0.25, -0.2) is 4.39 Å². The van der Waals surface area contributed by atoms with Gasteiger partial charge in [-0.05, 0) is 41.5 Å². The van der Waals surface area contributed by atoms with Crippen molar-refractivity contribution < 1.29 is 36.6 Å². The molecule has 1 heterocycles. The fourth-order valence-electron chi connectivity index (χ4n) is 4.05. The normalized spacial score (nSPS) is 11.3. The molecule has 10 heteroatoms. The Kier molecular flexibility index (Phi) is 8.44. The molecule has 0 fully saturated rings. The summed E-state index contributed by atoms with van der Waals surface area (Å²) in [6.45, 7) is 0. The first-order valence-corrected chi connectivity index (χ1v) is 12.1. The molecule has 4 aromatic rings. The van der Waals surface area contributed by atoms with Gasteiger partial charge in [0.2, 0.25) is 0 Å². The SMILES string of the molecule is COc1cc2nccc(Oc3ccc(CC(=S)CC(=O)Cc4cccc(C(F)(F)F)c4)cc3F)c2cc1OC. The number of thiocarbonyl (C=S) groups is 1. The van der Waals surface area contributed by atoms with Crippen LogP contribution < -0.4 is 14.2 Å². The number of ketones is 1. The molecule has 0 aliphatic carbocycles. The molecule has 39 heavy (non-hydrogen) atoms. The molecule has 0 N–H and O–H groups in total. The summed E-state index contributed by atoms with van der Waals surface area (Å²) in [6.07, 6.45) is -3.10. The van der Waals surface area contributed by atoms with Crippen LogP contribution in [0, 0.1) is 5.82 Å². The average Bonchev–Trinajstić information content (AvgIpc) is 2.89. The maximum absolute atomic E-state index is 14.9. The van der Waals surface area contributed by atoms with E-state index in [9.17, 15) is 22.4 Å². The number of carbonyl (C=O) groups excluding carboxylic acids is 1. The maximum atomic E-state index is 14.9. The zero-order valence-electron chi connectivity index (χ0n) is 21.0. The van der Waals surface area contributed by atoms with Gasteiger partial charge in [-0.2, -0.15) is 13.2 Å². The highest BCUT2D eigenvalue weighted by Crippen LogP contribution is 2.37. The van der Waals surface area contributed by atoms with Gasteiger partial charge in [0, 0.05) is 41.8 Å². The number of benzene rings is 3. The van der Waals surface area contributed by atoms with Crippen molar-refractivity contribution in [1.29, 1.82) is 0 Å². The van der Waals surface area contributed by atoms with Gasteiger partial charge in [0.05, 0.1) is 25.3 Å². The van der Waals surface area contributed by atoms with Crippen LogP contribution in [0.2, 0.25) is 0 Å². The van der Waals surface area contributed by atoms with Crippen molar-refractivity contribution >= 4 is 33.8 Å². The van der Waals surface area contributed by atoms with E-state index in [0.717, 1.165) is 12.1 Å². The second-order valence-electron chi connectivity index (χ2n) is 8.71. The van der Waals surface area contributed by atoms with E-state index in [0.29, 0.717) is 38.6 Å². The molecule has 0 amide bonds. The Morgan fingerprint density at radius 2 is 1.59 bits per heavy atom. The lowest BCUT2D eigenvalue weighted by Crippen LogP contribution is -2.12. The quantitative estimate of drug-likeness (QED) is 0.151. The standard InChI is InChI=1S/C29H23F4NO4S/c1-36-27-15-22-24(16-28(27)37-2)34-9-8-25(22)38-26-7-6-18(13-23(26)30)12-21(39)14-20(35)11-17-4-3-5-19(10-17)29(31,32)33/h3-10,13,15-16H,11-12,14H2,1-2H3. The van der Waals surface area contributed by atoms with E-state index in [4.69, 9.17) is 26.4 Å². The number of hydrogen-bond donors (Lipinski definition) is 0. The topological polar surface area (TPSA) is 57.7 Å². The Bertz CT molecular complexity index is 1540. The lowest BCUT2D eigenvalue weighted by molar-refractivity contribution is -0.137. The molecule has 5 nitrogen and oxygen atoms in total. The molecular weight excluding hydrogens is 534 g/mol. The van der Waals surface area contributed by atoms with Gasteiger partial charge in [-0.15, -0.1) is 0 Å². The van der Waals surface area contributed by atoms with Crippen molar-refractivity contribution in [2.75, 3.05) is 14.2 Å². The Morgan fingerprint density at radius 3 is 2.28 bits per heavy atom. The van der Waals surface area contributed by atoms with E-state index in [1.165, 1.54) is 44.7 Å². The van der Waals surface area contributed by atoms with Crippen LogP contribution in [0.25, 0.3) is 10.9 Å². The lowest BCUT2D eigenvalue weighted by atomic mass is 10.0. The van der Waals surface area contributed by atoms with Crippen molar-refractivity contribution in [1.82, 2.24) is 4.98 Å². The molecule has 0 aliphatic heterocycles. The second kappa shape index (κ2) is 11.8. The maximum Gasteiger partial charge on any atom is 0.416 e. The van der Waals surface area contributed by atoms with E-state index >= 15 is 0 Å². The Balaban J connectivity index is 1.42. The van der Waals surface area contributed by atoms with Crippen LogP contribution in [0.5, 0.6) is 23.0 Å². The van der Waals surface area contributed by atoms with Gasteiger partial charge in [-0.1, -0.05) is 36.5 Å². The van der Waals surface area contributed by atoms with Gasteiger partial charge in [0.15, 0.2) is 23.1 Å². The van der Waals surface area contributed by atoms with Gasteiger partial charge in [0.1, 0.15) is 11.5 Å². The van der Waals surface area contributed by atoms with Crippen molar-refractivity contribution in [3.63, 3.8) is 0 Å². The van der Waals surface area contributed by atoms with E-state index in [-0.39, 0.29) is 36.4 Å². The number of methoxy groups -OCH3 is 2. The number of aromatic nitrogens is 1. The molecule has 0 saturated carbocycles. The minimum atomic E-state index is -4.49. The van der Waals surface area contributed by atoms with Gasteiger partial charge < -0.3 is 14.2 Å². The number of hydrogen-bond acceptors (Lipinski definition) is 6. The number of halogens is 4. The fourth-order valence-corrected chi connectivity index (χ4v) is 4.38. The number of nitrogens with zero attached hydrogens (tertiary/aromatic N) is 1. The first-order valence-electron chi connectivity index (χ1n) is 11.7. The molecule has 3 aromatic carbocycles. The fraction of sp³-hybridized carbons (Fsp3) is 0.207. The van der Waals surface area contributed by atoms with Crippen molar-refractivity contribution in [3.8, 4) is 23.0 Å². The highest BCUT2D eigenvalue weighted by molar-refractivity contribution is 7.80. The van der Waals surface area contributed by atoms with Gasteiger partial charge in [-0.3, -0.25) is 9.78 Å². The smallest absolute Gasteiger partial charge is 0.416 e. The highest BCUT2D eigenvalue weighted by Gasteiger charge is 2.30. The molecule has 0 radical (unpaired) electrons. The Hall–Kier alpha value is -4.05. The summed E-state index contributed by atoms with van der Waals surface area (Å²) in [5.41, 5.74) is 0.543. The first-order chi connectivity index (χ1) is 18.6. The minimum Gasteiger partial charge on any atom is -0.493 e. The largest absolute Gasteiger partial charge is 0.493 e. The minimum absolute atomic E-state index is 0.0208. The molecule has 4 rings (SSSR count). The summed E-state index contributed by atoms with van der Waals surface area (Å²) in [6, 6.07) is 14.0. The molecule has 0 spiro atoms. The molecule has 0 unspecified atom stereocenters. The van der Waals surface area contributed by atoms with Crippen LogP contribution in [0.1, 0.15) is 23.1 Å². The summed E-state index contributed by atoms with van der Waals surface area (Å²) in [5, 5.41) is 0.596. The number of Topliss-reactive ketones (excluding diaryl/α,β-unsaturated/α-hetero) is 1. The average molecular weight is 558 g/mol. The van der Waals surface area contributed by atoms with Crippen LogP contribution in [-0.4, -0.2) is 29.9 Å². The van der Waals surface area contributed by atoms with Crippen LogP contribution in [0.15, 0.2) is 66.9 Å². The van der Waals surface area contributed by atoms with Gasteiger partial charge >= 0.3 is 6.18 Å². The van der Waals surface area contributed by atoms with E-state index < -0.39 is 17.6 Å². The predicted octanol–water partition coefficient (Wildman–Crippen LogP) is 7.32. The predicted molar refractivity (Wildman–Crippen MR) is 142 cm³/mol. The first kappa shape index (κ1) is 28.0. The number of rotatable bonds is 10. The number of fused-ring (bicyclic) bond motifs is 1. The van der Waals surface area contributed by atoms with Crippen LogP contribution in [0.4, 0.5) is 17.6 Å². The summed E-state index contributed by atoms with van der Waals surface area (Å²) >= 11 is 5.31. The molecule has 0 bridgehead atoms. The molecule has 1 aromatic heterocycles. The zero-order valence-corrected chi connectivity index (χ0v) is 21.8. The third-order valence-electron chi connectivity index (χ3n) is 5.87. The highest BCUT2D eigenvalue weighted by atomic mass is 32.1. The van der Waals surface area contributed by atoms with E-state index in [2.05, 4.69) is 4.98 Å².